The van der Waals surface area contributed by atoms with Crippen molar-refractivity contribution in [1.29, 1.82) is 5.26 Å². The third-order valence-corrected chi connectivity index (χ3v) is 4.54. The summed E-state index contributed by atoms with van der Waals surface area (Å²) in [5.74, 6) is 0.644. The van der Waals surface area contributed by atoms with Gasteiger partial charge in [0.25, 0.3) is 0 Å². The summed E-state index contributed by atoms with van der Waals surface area (Å²) < 4.78 is 14.7. The third-order valence-electron chi connectivity index (χ3n) is 4.54. The molecule has 1 fully saturated rings. The van der Waals surface area contributed by atoms with Crippen molar-refractivity contribution >= 4 is 11.7 Å². The number of hydrogen-bond acceptors (Lipinski definition) is 3. The summed E-state index contributed by atoms with van der Waals surface area (Å²) in [4.78, 5) is 16.5. The summed E-state index contributed by atoms with van der Waals surface area (Å²) in [6.07, 6.45) is 7.44. The first-order chi connectivity index (χ1) is 11.7. The molecule has 1 aliphatic rings. The molecule has 1 N–H and O–H groups in total. The Morgan fingerprint density at radius 2 is 2.17 bits per heavy atom. The largest absolute Gasteiger partial charge is 0.309 e. The highest BCUT2D eigenvalue weighted by molar-refractivity contribution is 5.91. The fourth-order valence-corrected chi connectivity index (χ4v) is 3.21. The second kappa shape index (κ2) is 7.26. The van der Waals surface area contributed by atoms with Crippen molar-refractivity contribution in [3.63, 3.8) is 0 Å². The van der Waals surface area contributed by atoms with Crippen LogP contribution in [0.1, 0.15) is 32.1 Å². The van der Waals surface area contributed by atoms with E-state index in [0.717, 1.165) is 31.4 Å². The number of nitriles is 1. The quantitative estimate of drug-likeness (QED) is 0.911. The molecular weight excluding hydrogens is 307 g/mol. The van der Waals surface area contributed by atoms with Gasteiger partial charge in [0.15, 0.2) is 5.82 Å². The standard InChI is InChI=1S/C18H19FN4O/c19-15-5-7-16(8-6-15)23-11-17(21-12-23)22-18(24)14-4-3-13(10-14)2-1-9-20/h5-8,11-14H,1-4,10H2,(H,22,24)/t13?,14-/m0/s1. The van der Waals surface area contributed by atoms with Crippen LogP contribution in [0.2, 0.25) is 0 Å². The smallest absolute Gasteiger partial charge is 0.228 e. The molecule has 124 valence electrons. The lowest BCUT2D eigenvalue weighted by Crippen LogP contribution is -2.21. The zero-order valence-electron chi connectivity index (χ0n) is 13.3. The summed E-state index contributed by atoms with van der Waals surface area (Å²) in [6, 6.07) is 8.23. The number of amides is 1. The van der Waals surface area contributed by atoms with E-state index in [1.807, 2.05) is 0 Å². The first-order valence-corrected chi connectivity index (χ1v) is 8.13. The molecule has 24 heavy (non-hydrogen) atoms. The van der Waals surface area contributed by atoms with E-state index in [2.05, 4.69) is 16.4 Å². The average molecular weight is 326 g/mol. The Hall–Kier alpha value is -2.68. The normalized spacial score (nSPS) is 19.8. The van der Waals surface area contributed by atoms with Crippen molar-refractivity contribution in [2.75, 3.05) is 5.32 Å². The van der Waals surface area contributed by atoms with Crippen LogP contribution in [0.4, 0.5) is 10.2 Å². The van der Waals surface area contributed by atoms with Crippen LogP contribution in [-0.2, 0) is 4.79 Å². The second-order valence-corrected chi connectivity index (χ2v) is 6.20. The highest BCUT2D eigenvalue weighted by atomic mass is 19.1. The lowest BCUT2D eigenvalue weighted by Gasteiger charge is -2.09. The van der Waals surface area contributed by atoms with E-state index in [1.54, 1.807) is 29.2 Å². The first kappa shape index (κ1) is 16.2. The summed E-state index contributed by atoms with van der Waals surface area (Å²) in [5, 5.41) is 11.5. The van der Waals surface area contributed by atoms with E-state index in [9.17, 15) is 9.18 Å². The van der Waals surface area contributed by atoms with E-state index in [-0.39, 0.29) is 17.6 Å². The molecule has 2 atom stereocenters. The van der Waals surface area contributed by atoms with Crippen LogP contribution in [0.3, 0.4) is 0 Å². The van der Waals surface area contributed by atoms with E-state index >= 15 is 0 Å². The fourth-order valence-electron chi connectivity index (χ4n) is 3.21. The minimum absolute atomic E-state index is 0.00957. The van der Waals surface area contributed by atoms with Crippen molar-refractivity contribution in [3.05, 3.63) is 42.6 Å². The third kappa shape index (κ3) is 3.80. The second-order valence-electron chi connectivity index (χ2n) is 6.20. The number of halogens is 1. The Morgan fingerprint density at radius 3 is 2.92 bits per heavy atom. The number of nitrogens with zero attached hydrogens (tertiary/aromatic N) is 3. The Morgan fingerprint density at radius 1 is 1.38 bits per heavy atom. The number of hydrogen-bond donors (Lipinski definition) is 1. The fraction of sp³-hybridized carbons (Fsp3) is 0.389. The molecule has 6 heteroatoms. The number of nitrogens with one attached hydrogen (secondary N) is 1. The summed E-state index contributed by atoms with van der Waals surface area (Å²) in [7, 11) is 0. The molecule has 0 saturated heterocycles. The topological polar surface area (TPSA) is 70.7 Å². The number of carbonyl (C=O) groups excluding carboxylic acids is 1. The van der Waals surface area contributed by atoms with Gasteiger partial charge in [-0.3, -0.25) is 4.79 Å². The van der Waals surface area contributed by atoms with Crippen molar-refractivity contribution < 1.29 is 9.18 Å². The molecule has 0 spiro atoms. The molecule has 0 radical (unpaired) electrons. The Kier molecular flexibility index (Phi) is 4.90. The van der Waals surface area contributed by atoms with Gasteiger partial charge in [0.1, 0.15) is 12.1 Å². The molecule has 1 amide bonds. The number of carbonyl (C=O) groups is 1. The first-order valence-electron chi connectivity index (χ1n) is 8.13. The van der Waals surface area contributed by atoms with Gasteiger partial charge in [-0.25, -0.2) is 9.37 Å². The molecule has 1 heterocycles. The average Bonchev–Trinajstić information content (AvgIpc) is 3.23. The molecule has 3 rings (SSSR count). The molecule has 1 aromatic carbocycles. The number of anilines is 1. The molecule has 0 bridgehead atoms. The zero-order chi connectivity index (χ0) is 16.9. The number of aromatic nitrogens is 2. The van der Waals surface area contributed by atoms with Crippen molar-refractivity contribution in [3.8, 4) is 11.8 Å². The summed E-state index contributed by atoms with van der Waals surface area (Å²) in [5.41, 5.74) is 0.779. The lowest BCUT2D eigenvalue weighted by molar-refractivity contribution is -0.119. The number of benzene rings is 1. The van der Waals surface area contributed by atoms with Gasteiger partial charge in [-0.1, -0.05) is 0 Å². The van der Waals surface area contributed by atoms with E-state index in [0.29, 0.717) is 18.2 Å². The van der Waals surface area contributed by atoms with Gasteiger partial charge in [-0.2, -0.15) is 5.26 Å². The van der Waals surface area contributed by atoms with Gasteiger partial charge < -0.3 is 9.88 Å². The van der Waals surface area contributed by atoms with Crippen LogP contribution in [0.5, 0.6) is 0 Å². The van der Waals surface area contributed by atoms with Crippen molar-refractivity contribution in [2.24, 2.45) is 11.8 Å². The lowest BCUT2D eigenvalue weighted by atomic mass is 10.00. The highest BCUT2D eigenvalue weighted by Crippen LogP contribution is 2.34. The van der Waals surface area contributed by atoms with E-state index < -0.39 is 0 Å². The minimum Gasteiger partial charge on any atom is -0.309 e. The van der Waals surface area contributed by atoms with Crippen molar-refractivity contribution in [1.82, 2.24) is 9.55 Å². The maximum atomic E-state index is 13.0. The zero-order valence-corrected chi connectivity index (χ0v) is 13.3. The molecule has 2 aromatic rings. The maximum Gasteiger partial charge on any atom is 0.228 e. The molecule has 1 aliphatic carbocycles. The number of rotatable bonds is 5. The predicted octanol–water partition coefficient (Wildman–Crippen LogP) is 3.67. The SMILES string of the molecule is N#CCCC1CC[C@H](C(=O)Nc2cn(-c3ccc(F)cc3)cn2)C1. The highest BCUT2D eigenvalue weighted by Gasteiger charge is 2.29. The molecule has 0 aliphatic heterocycles. The molecular formula is C18H19FN4O. The predicted molar refractivity (Wildman–Crippen MR) is 87.8 cm³/mol. The monoisotopic (exact) mass is 326 g/mol. The summed E-state index contributed by atoms with van der Waals surface area (Å²) in [6.45, 7) is 0. The van der Waals surface area contributed by atoms with Gasteiger partial charge >= 0.3 is 0 Å². The van der Waals surface area contributed by atoms with E-state index in [4.69, 9.17) is 5.26 Å². The molecule has 5 nitrogen and oxygen atoms in total. The minimum atomic E-state index is -0.292. The van der Waals surface area contributed by atoms with E-state index in [1.165, 1.54) is 12.1 Å². The van der Waals surface area contributed by atoms with Gasteiger partial charge in [0.05, 0.1) is 12.3 Å². The Bertz CT molecular complexity index is 747. The van der Waals surface area contributed by atoms with Crippen LogP contribution < -0.4 is 5.32 Å². The van der Waals surface area contributed by atoms with Crippen LogP contribution >= 0.6 is 0 Å². The summed E-state index contributed by atoms with van der Waals surface area (Å²) >= 11 is 0. The van der Waals surface area contributed by atoms with Gasteiger partial charge in [-0.15, -0.1) is 0 Å². The van der Waals surface area contributed by atoms with Crippen LogP contribution in [-0.4, -0.2) is 15.5 Å². The Labute approximate surface area is 140 Å². The van der Waals surface area contributed by atoms with Crippen LogP contribution in [0, 0.1) is 29.0 Å². The van der Waals surface area contributed by atoms with Gasteiger partial charge in [0, 0.05) is 18.0 Å². The van der Waals surface area contributed by atoms with Crippen LogP contribution in [0.15, 0.2) is 36.8 Å². The molecule has 1 aromatic heterocycles. The van der Waals surface area contributed by atoms with Gasteiger partial charge in [0.2, 0.25) is 5.91 Å². The van der Waals surface area contributed by atoms with Crippen LogP contribution in [0.25, 0.3) is 5.69 Å². The molecule has 1 saturated carbocycles. The number of imidazole rings is 1. The Balaban J connectivity index is 1.58. The molecule has 1 unspecified atom stereocenters. The maximum absolute atomic E-state index is 13.0. The van der Waals surface area contributed by atoms with Crippen molar-refractivity contribution in [2.45, 2.75) is 32.1 Å². The van der Waals surface area contributed by atoms with Gasteiger partial charge in [-0.05, 0) is 55.9 Å².